The summed E-state index contributed by atoms with van der Waals surface area (Å²) in [6.45, 7) is 0. The first-order chi connectivity index (χ1) is 8.93. The lowest BCUT2D eigenvalue weighted by Gasteiger charge is -2.04. The molecule has 0 saturated heterocycles. The molecular weight excluding hydrogens is 222 g/mol. The molecule has 3 heteroatoms. The van der Waals surface area contributed by atoms with Gasteiger partial charge in [-0.3, -0.25) is 0 Å². The Morgan fingerprint density at radius 3 is 2.06 bits per heavy atom. The van der Waals surface area contributed by atoms with Crippen LogP contribution in [0.4, 0.5) is 0 Å². The molecule has 0 unspecified atom stereocenters. The van der Waals surface area contributed by atoms with Crippen molar-refractivity contribution in [1.82, 2.24) is 15.0 Å². The zero-order valence-electron chi connectivity index (χ0n) is 9.69. The summed E-state index contributed by atoms with van der Waals surface area (Å²) in [6, 6.07) is 18.4. The smallest absolute Gasteiger partial charge is 0.162 e. The molecule has 0 spiro atoms. The van der Waals surface area contributed by atoms with E-state index in [1.807, 2.05) is 30.3 Å². The van der Waals surface area contributed by atoms with E-state index in [2.05, 4.69) is 39.2 Å². The third kappa shape index (κ3) is 2.11. The van der Waals surface area contributed by atoms with Crippen LogP contribution in [0, 0.1) is 0 Å². The monoisotopic (exact) mass is 233 g/mol. The quantitative estimate of drug-likeness (QED) is 0.682. The molecule has 0 radical (unpaired) electrons. The van der Waals surface area contributed by atoms with E-state index in [0.717, 1.165) is 11.1 Å². The van der Waals surface area contributed by atoms with Gasteiger partial charge in [0.1, 0.15) is 12.7 Å². The van der Waals surface area contributed by atoms with Gasteiger partial charge >= 0.3 is 0 Å². The number of hydrogen-bond donors (Lipinski definition) is 0. The van der Waals surface area contributed by atoms with Gasteiger partial charge in [-0.25, -0.2) is 15.0 Å². The highest BCUT2D eigenvalue weighted by Gasteiger charge is 2.02. The van der Waals surface area contributed by atoms with Crippen molar-refractivity contribution in [1.29, 1.82) is 0 Å². The molecule has 0 aliphatic carbocycles. The zero-order valence-corrected chi connectivity index (χ0v) is 9.69. The Bertz CT molecular complexity index is 581. The zero-order chi connectivity index (χ0) is 12.2. The first kappa shape index (κ1) is 10.6. The van der Waals surface area contributed by atoms with Crippen molar-refractivity contribution >= 4 is 0 Å². The van der Waals surface area contributed by atoms with Crippen LogP contribution in [0.5, 0.6) is 0 Å². The average Bonchev–Trinajstić information content (AvgIpc) is 2.49. The SMILES string of the molecule is c1ccc(-c2cccc(-c3ncncn3)c2)cc1. The van der Waals surface area contributed by atoms with Gasteiger partial charge in [0, 0.05) is 5.56 Å². The van der Waals surface area contributed by atoms with Gasteiger partial charge in [-0.1, -0.05) is 48.5 Å². The second-order valence-corrected chi connectivity index (χ2v) is 3.91. The molecule has 18 heavy (non-hydrogen) atoms. The predicted octanol–water partition coefficient (Wildman–Crippen LogP) is 3.21. The van der Waals surface area contributed by atoms with Crippen molar-refractivity contribution in [2.45, 2.75) is 0 Å². The fraction of sp³-hybridized carbons (Fsp3) is 0. The van der Waals surface area contributed by atoms with Crippen molar-refractivity contribution in [2.24, 2.45) is 0 Å². The fourth-order valence-corrected chi connectivity index (χ4v) is 1.86. The van der Waals surface area contributed by atoms with Crippen molar-refractivity contribution in [3.8, 4) is 22.5 Å². The van der Waals surface area contributed by atoms with Crippen LogP contribution in [0.1, 0.15) is 0 Å². The minimum atomic E-state index is 0.697. The summed E-state index contributed by atoms with van der Waals surface area (Å²) >= 11 is 0. The lowest BCUT2D eigenvalue weighted by molar-refractivity contribution is 1.06. The van der Waals surface area contributed by atoms with Crippen molar-refractivity contribution in [2.75, 3.05) is 0 Å². The second-order valence-electron chi connectivity index (χ2n) is 3.91. The number of hydrogen-bond acceptors (Lipinski definition) is 3. The summed E-state index contributed by atoms with van der Waals surface area (Å²) in [6.07, 6.45) is 3.02. The minimum absolute atomic E-state index is 0.697. The van der Waals surface area contributed by atoms with E-state index >= 15 is 0 Å². The molecule has 0 aliphatic heterocycles. The van der Waals surface area contributed by atoms with E-state index in [4.69, 9.17) is 0 Å². The molecule has 3 nitrogen and oxygen atoms in total. The van der Waals surface area contributed by atoms with Crippen LogP contribution in [0.3, 0.4) is 0 Å². The number of rotatable bonds is 2. The van der Waals surface area contributed by atoms with Gasteiger partial charge in [0.15, 0.2) is 5.82 Å². The van der Waals surface area contributed by atoms with E-state index in [1.165, 1.54) is 18.2 Å². The number of aromatic nitrogens is 3. The van der Waals surface area contributed by atoms with Crippen LogP contribution in [-0.4, -0.2) is 15.0 Å². The highest BCUT2D eigenvalue weighted by atomic mass is 15.0. The van der Waals surface area contributed by atoms with Crippen LogP contribution >= 0.6 is 0 Å². The van der Waals surface area contributed by atoms with Gasteiger partial charge in [0.2, 0.25) is 0 Å². The summed E-state index contributed by atoms with van der Waals surface area (Å²) in [5.74, 6) is 0.697. The summed E-state index contributed by atoms with van der Waals surface area (Å²) in [4.78, 5) is 12.2. The van der Waals surface area contributed by atoms with Gasteiger partial charge in [-0.15, -0.1) is 0 Å². The lowest BCUT2D eigenvalue weighted by Crippen LogP contribution is -1.89. The normalized spacial score (nSPS) is 10.2. The van der Waals surface area contributed by atoms with Gasteiger partial charge in [-0.05, 0) is 17.2 Å². The summed E-state index contributed by atoms with van der Waals surface area (Å²) in [5, 5.41) is 0. The van der Waals surface area contributed by atoms with Gasteiger partial charge in [-0.2, -0.15) is 0 Å². The van der Waals surface area contributed by atoms with Crippen molar-refractivity contribution in [3.63, 3.8) is 0 Å². The molecule has 2 aromatic carbocycles. The summed E-state index contributed by atoms with van der Waals surface area (Å²) in [7, 11) is 0. The Balaban J connectivity index is 2.05. The van der Waals surface area contributed by atoms with Crippen LogP contribution in [0.2, 0.25) is 0 Å². The molecule has 0 N–H and O–H groups in total. The maximum absolute atomic E-state index is 4.16. The largest absolute Gasteiger partial charge is 0.225 e. The van der Waals surface area contributed by atoms with E-state index in [0.29, 0.717) is 5.82 Å². The molecule has 0 fully saturated rings. The van der Waals surface area contributed by atoms with Crippen LogP contribution in [-0.2, 0) is 0 Å². The predicted molar refractivity (Wildman–Crippen MR) is 70.7 cm³/mol. The van der Waals surface area contributed by atoms with Crippen LogP contribution in [0.15, 0.2) is 67.3 Å². The highest BCUT2D eigenvalue weighted by Crippen LogP contribution is 2.23. The Morgan fingerprint density at radius 1 is 0.611 bits per heavy atom. The molecule has 0 amide bonds. The standard InChI is InChI=1S/C15H11N3/c1-2-5-12(6-3-1)13-7-4-8-14(9-13)15-17-10-16-11-18-15/h1-11H. The Morgan fingerprint density at radius 2 is 1.28 bits per heavy atom. The Labute approximate surface area is 105 Å². The first-order valence-electron chi connectivity index (χ1n) is 5.71. The van der Waals surface area contributed by atoms with E-state index in [9.17, 15) is 0 Å². The summed E-state index contributed by atoms with van der Waals surface area (Å²) in [5.41, 5.74) is 3.35. The molecule has 0 aliphatic rings. The third-order valence-electron chi connectivity index (χ3n) is 2.72. The summed E-state index contributed by atoms with van der Waals surface area (Å²) < 4.78 is 0. The van der Waals surface area contributed by atoms with Crippen molar-refractivity contribution < 1.29 is 0 Å². The van der Waals surface area contributed by atoms with E-state index in [1.54, 1.807) is 0 Å². The van der Waals surface area contributed by atoms with Crippen molar-refractivity contribution in [3.05, 3.63) is 67.3 Å². The molecule has 1 heterocycles. The number of benzene rings is 2. The number of nitrogens with zero attached hydrogens (tertiary/aromatic N) is 3. The minimum Gasteiger partial charge on any atom is -0.225 e. The Hall–Kier alpha value is -2.55. The molecule has 3 rings (SSSR count). The van der Waals surface area contributed by atoms with E-state index in [-0.39, 0.29) is 0 Å². The van der Waals surface area contributed by atoms with Gasteiger partial charge in [0.25, 0.3) is 0 Å². The topological polar surface area (TPSA) is 38.7 Å². The molecule has 0 bridgehead atoms. The van der Waals surface area contributed by atoms with Crippen LogP contribution in [0.25, 0.3) is 22.5 Å². The molecule has 3 aromatic rings. The maximum Gasteiger partial charge on any atom is 0.162 e. The molecule has 1 aromatic heterocycles. The molecule has 0 atom stereocenters. The fourth-order valence-electron chi connectivity index (χ4n) is 1.86. The Kier molecular flexibility index (Phi) is 2.80. The average molecular weight is 233 g/mol. The van der Waals surface area contributed by atoms with E-state index < -0.39 is 0 Å². The van der Waals surface area contributed by atoms with Crippen LogP contribution < -0.4 is 0 Å². The van der Waals surface area contributed by atoms with Gasteiger partial charge in [0.05, 0.1) is 0 Å². The molecular formula is C15H11N3. The first-order valence-corrected chi connectivity index (χ1v) is 5.71. The third-order valence-corrected chi connectivity index (χ3v) is 2.72. The van der Waals surface area contributed by atoms with Gasteiger partial charge < -0.3 is 0 Å². The second kappa shape index (κ2) is 4.75. The maximum atomic E-state index is 4.16. The lowest BCUT2D eigenvalue weighted by atomic mass is 10.0. The molecule has 86 valence electrons. The highest BCUT2D eigenvalue weighted by molar-refractivity contribution is 5.69. The molecule has 0 saturated carbocycles.